The van der Waals surface area contributed by atoms with E-state index in [0.29, 0.717) is 11.5 Å². The molecule has 83 valence electrons. The van der Waals surface area contributed by atoms with Gasteiger partial charge in [0.15, 0.2) is 0 Å². The van der Waals surface area contributed by atoms with Gasteiger partial charge in [-0.3, -0.25) is 0 Å². The first-order valence-corrected chi connectivity index (χ1v) is 4.22. The van der Waals surface area contributed by atoms with Gasteiger partial charge in [0.2, 0.25) is 5.89 Å². The average Bonchev–Trinajstić information content (AvgIpc) is 2.69. The maximum Gasteiger partial charge on any atom is 0.573 e. The summed E-state index contributed by atoms with van der Waals surface area (Å²) in [5.74, 6) is 0.00495. The minimum atomic E-state index is -4.68. The van der Waals surface area contributed by atoms with Crippen LogP contribution in [0.4, 0.5) is 13.2 Å². The van der Waals surface area contributed by atoms with Gasteiger partial charge in [-0.1, -0.05) is 0 Å². The van der Waals surface area contributed by atoms with Crippen molar-refractivity contribution in [1.29, 1.82) is 0 Å². The van der Waals surface area contributed by atoms with Crippen molar-refractivity contribution in [3.8, 4) is 17.2 Å². The number of hydrogen-bond donors (Lipinski definition) is 0. The molecule has 0 atom stereocenters. The quantitative estimate of drug-likeness (QED) is 0.792. The van der Waals surface area contributed by atoms with Gasteiger partial charge in [-0.2, -0.15) is 0 Å². The third kappa shape index (κ3) is 2.53. The summed E-state index contributed by atoms with van der Waals surface area (Å²) in [5, 5.41) is 0. The van der Waals surface area contributed by atoms with E-state index < -0.39 is 6.36 Å². The highest BCUT2D eigenvalue weighted by atomic mass is 19.4. The third-order valence-electron chi connectivity index (χ3n) is 1.72. The van der Waals surface area contributed by atoms with E-state index in [1.165, 1.54) is 30.5 Å². The number of aromatic nitrogens is 1. The van der Waals surface area contributed by atoms with Crippen molar-refractivity contribution in [1.82, 2.24) is 4.98 Å². The normalized spacial score (nSPS) is 11.4. The lowest BCUT2D eigenvalue weighted by atomic mass is 10.2. The van der Waals surface area contributed by atoms with Gasteiger partial charge in [0.1, 0.15) is 18.2 Å². The van der Waals surface area contributed by atoms with Gasteiger partial charge < -0.3 is 9.15 Å². The van der Waals surface area contributed by atoms with Gasteiger partial charge in [-0.25, -0.2) is 4.98 Å². The fraction of sp³-hybridized carbons (Fsp3) is 0.100. The Balaban J connectivity index is 2.17. The Morgan fingerprint density at radius 2 is 1.88 bits per heavy atom. The van der Waals surface area contributed by atoms with Crippen molar-refractivity contribution in [3.05, 3.63) is 36.7 Å². The average molecular weight is 228 g/mol. The Hall–Kier alpha value is -1.98. The van der Waals surface area contributed by atoms with Crippen LogP contribution in [0.25, 0.3) is 11.5 Å². The molecular weight excluding hydrogens is 223 g/mol. The van der Waals surface area contributed by atoms with Gasteiger partial charge in [-0.15, -0.1) is 13.2 Å². The van der Waals surface area contributed by atoms with Crippen molar-refractivity contribution >= 4 is 0 Å². The van der Waals surface area contributed by atoms with Gasteiger partial charge in [0.25, 0.3) is 0 Å². The van der Waals surface area contributed by atoms with E-state index in [1.807, 2.05) is 0 Å². The van der Waals surface area contributed by atoms with Gasteiger partial charge in [0.05, 0.1) is 0 Å². The summed E-state index contributed by atoms with van der Waals surface area (Å²) in [6.45, 7) is 0. The highest BCUT2D eigenvalue weighted by molar-refractivity contribution is 5.54. The molecule has 1 radical (unpaired) electrons. The molecule has 0 aliphatic carbocycles. The SMILES string of the molecule is FC(F)(F)Oc1ccc(-c2n[c]co2)cc1. The first kappa shape index (κ1) is 10.5. The molecule has 1 aromatic carbocycles. The van der Waals surface area contributed by atoms with E-state index in [2.05, 4.69) is 15.9 Å². The summed E-state index contributed by atoms with van der Waals surface area (Å²) in [4.78, 5) is 3.74. The van der Waals surface area contributed by atoms with Crippen molar-refractivity contribution < 1.29 is 22.3 Å². The largest absolute Gasteiger partial charge is 0.573 e. The number of nitrogens with zero attached hydrogens (tertiary/aromatic N) is 1. The summed E-state index contributed by atoms with van der Waals surface area (Å²) < 4.78 is 44.2. The van der Waals surface area contributed by atoms with Crippen LogP contribution in [0, 0.1) is 6.20 Å². The van der Waals surface area contributed by atoms with Crippen molar-refractivity contribution in [3.63, 3.8) is 0 Å². The fourth-order valence-corrected chi connectivity index (χ4v) is 1.13. The molecule has 0 spiro atoms. The minimum Gasteiger partial charge on any atom is -0.444 e. The molecule has 6 heteroatoms. The monoisotopic (exact) mass is 228 g/mol. The van der Waals surface area contributed by atoms with Crippen LogP contribution < -0.4 is 4.74 Å². The smallest absolute Gasteiger partial charge is 0.444 e. The van der Waals surface area contributed by atoms with Crippen LogP contribution in [0.1, 0.15) is 0 Å². The van der Waals surface area contributed by atoms with Crippen LogP contribution in [-0.2, 0) is 0 Å². The topological polar surface area (TPSA) is 35.3 Å². The predicted molar refractivity (Wildman–Crippen MR) is 47.5 cm³/mol. The zero-order valence-electron chi connectivity index (χ0n) is 7.78. The molecule has 0 unspecified atom stereocenters. The van der Waals surface area contributed by atoms with Crippen LogP contribution in [0.5, 0.6) is 5.75 Å². The fourth-order valence-electron chi connectivity index (χ4n) is 1.13. The summed E-state index contributed by atoms with van der Waals surface area (Å²) in [5.41, 5.74) is 0.552. The van der Waals surface area contributed by atoms with E-state index in [9.17, 15) is 13.2 Å². The molecule has 0 aliphatic rings. The third-order valence-corrected chi connectivity index (χ3v) is 1.72. The molecule has 0 saturated carbocycles. The number of rotatable bonds is 2. The van der Waals surface area contributed by atoms with E-state index >= 15 is 0 Å². The van der Waals surface area contributed by atoms with Crippen LogP contribution in [-0.4, -0.2) is 11.3 Å². The second-order valence-corrected chi connectivity index (χ2v) is 2.85. The Labute approximate surface area is 88.5 Å². The van der Waals surface area contributed by atoms with Crippen LogP contribution in [0.3, 0.4) is 0 Å². The number of benzene rings is 1. The van der Waals surface area contributed by atoms with Crippen LogP contribution in [0.15, 0.2) is 34.9 Å². The maximum absolute atomic E-state index is 11.9. The molecular formula is C10H5F3NO2. The number of oxazole rings is 1. The molecule has 0 bridgehead atoms. The summed E-state index contributed by atoms with van der Waals surface area (Å²) >= 11 is 0. The number of halogens is 3. The lowest BCUT2D eigenvalue weighted by Crippen LogP contribution is -2.16. The minimum absolute atomic E-state index is 0.285. The Morgan fingerprint density at radius 1 is 1.19 bits per heavy atom. The Morgan fingerprint density at radius 3 is 2.38 bits per heavy atom. The van der Waals surface area contributed by atoms with E-state index in [4.69, 9.17) is 4.42 Å². The van der Waals surface area contributed by atoms with E-state index in [-0.39, 0.29) is 5.75 Å². The predicted octanol–water partition coefficient (Wildman–Crippen LogP) is 3.04. The van der Waals surface area contributed by atoms with Gasteiger partial charge >= 0.3 is 6.36 Å². The lowest BCUT2D eigenvalue weighted by Gasteiger charge is -2.08. The molecule has 2 rings (SSSR count). The lowest BCUT2D eigenvalue weighted by molar-refractivity contribution is -0.274. The molecule has 0 saturated heterocycles. The summed E-state index contributed by atoms with van der Waals surface area (Å²) in [7, 11) is 0. The summed E-state index contributed by atoms with van der Waals surface area (Å²) in [6, 6.07) is 5.21. The summed E-state index contributed by atoms with van der Waals surface area (Å²) in [6.07, 6.45) is -0.970. The number of hydrogen-bond acceptors (Lipinski definition) is 3. The molecule has 0 amide bonds. The Kier molecular flexibility index (Phi) is 2.55. The van der Waals surface area contributed by atoms with Crippen LogP contribution >= 0.6 is 0 Å². The first-order chi connectivity index (χ1) is 7.54. The zero-order valence-corrected chi connectivity index (χ0v) is 7.78. The molecule has 0 aliphatic heterocycles. The van der Waals surface area contributed by atoms with Gasteiger partial charge in [-0.05, 0) is 24.3 Å². The standard InChI is InChI=1S/C10H5F3NO2/c11-10(12,13)16-8-3-1-7(2-4-8)9-14-5-6-15-9/h1-4,6H. The molecule has 16 heavy (non-hydrogen) atoms. The molecule has 1 aromatic heterocycles. The maximum atomic E-state index is 11.9. The van der Waals surface area contributed by atoms with E-state index in [0.717, 1.165) is 0 Å². The molecule has 0 fully saturated rings. The highest BCUT2D eigenvalue weighted by Gasteiger charge is 2.30. The molecule has 2 aromatic rings. The first-order valence-electron chi connectivity index (χ1n) is 4.22. The Bertz CT molecular complexity index is 448. The second kappa shape index (κ2) is 3.88. The molecule has 1 heterocycles. The zero-order chi connectivity index (χ0) is 11.6. The van der Waals surface area contributed by atoms with Crippen LogP contribution in [0.2, 0.25) is 0 Å². The van der Waals surface area contributed by atoms with Crippen molar-refractivity contribution in [2.24, 2.45) is 0 Å². The van der Waals surface area contributed by atoms with E-state index in [1.54, 1.807) is 0 Å². The van der Waals surface area contributed by atoms with Gasteiger partial charge in [0, 0.05) is 5.56 Å². The van der Waals surface area contributed by atoms with Crippen molar-refractivity contribution in [2.75, 3.05) is 0 Å². The molecule has 0 N–H and O–H groups in total. The second-order valence-electron chi connectivity index (χ2n) is 2.85. The number of ether oxygens (including phenoxy) is 1. The van der Waals surface area contributed by atoms with Crippen molar-refractivity contribution in [2.45, 2.75) is 6.36 Å². The highest BCUT2D eigenvalue weighted by Crippen LogP contribution is 2.25. The molecule has 3 nitrogen and oxygen atoms in total. The number of alkyl halides is 3.